The summed E-state index contributed by atoms with van der Waals surface area (Å²) in [6, 6.07) is 26.1. The molecule has 0 saturated carbocycles. The molecule has 8 rings (SSSR count). The van der Waals surface area contributed by atoms with E-state index in [1.165, 1.54) is 61.3 Å². The molecule has 0 aliphatic heterocycles. The van der Waals surface area contributed by atoms with Crippen molar-refractivity contribution in [1.29, 1.82) is 5.26 Å². The summed E-state index contributed by atoms with van der Waals surface area (Å²) in [5.74, 6) is 0.242. The molecule has 0 spiro atoms. The lowest BCUT2D eigenvalue weighted by Gasteiger charge is -2.33. The van der Waals surface area contributed by atoms with E-state index in [-0.39, 0.29) is 5.92 Å². The fourth-order valence-corrected chi connectivity index (χ4v) is 7.62. The highest BCUT2D eigenvalue weighted by atomic mass is 14.4. The van der Waals surface area contributed by atoms with Gasteiger partial charge >= 0.3 is 0 Å². The Labute approximate surface area is 260 Å². The Morgan fingerprint density at radius 2 is 1.61 bits per heavy atom. The summed E-state index contributed by atoms with van der Waals surface area (Å²) in [4.78, 5) is 0. The van der Waals surface area contributed by atoms with Gasteiger partial charge in [0.1, 0.15) is 0 Å². The Kier molecular flexibility index (Phi) is 6.50. The summed E-state index contributed by atoms with van der Waals surface area (Å²) < 4.78 is 0. The lowest BCUT2D eigenvalue weighted by atomic mass is 9.71. The van der Waals surface area contributed by atoms with Crippen LogP contribution in [0.3, 0.4) is 0 Å². The molecule has 0 aromatic heterocycles. The normalized spacial score (nSPS) is 20.8. The van der Waals surface area contributed by atoms with Crippen molar-refractivity contribution in [3.05, 3.63) is 184 Å². The van der Waals surface area contributed by atoms with Crippen LogP contribution in [0.1, 0.15) is 53.5 Å². The van der Waals surface area contributed by atoms with E-state index in [4.69, 9.17) is 6.58 Å². The van der Waals surface area contributed by atoms with Crippen molar-refractivity contribution in [2.45, 2.75) is 32.1 Å². The zero-order valence-corrected chi connectivity index (χ0v) is 24.8. The van der Waals surface area contributed by atoms with Gasteiger partial charge in [-0.05, 0) is 117 Å². The number of nitriles is 1. The largest absolute Gasteiger partial charge is 0.192 e. The number of allylic oxidation sites excluding steroid dienone is 17. The van der Waals surface area contributed by atoms with Crippen LogP contribution in [0.4, 0.5) is 0 Å². The van der Waals surface area contributed by atoms with Gasteiger partial charge in [0.2, 0.25) is 0 Å². The van der Waals surface area contributed by atoms with Crippen LogP contribution in [0.5, 0.6) is 0 Å². The first-order valence-corrected chi connectivity index (χ1v) is 15.7. The second kappa shape index (κ2) is 10.8. The molecule has 0 saturated heterocycles. The minimum absolute atomic E-state index is 0.242. The van der Waals surface area contributed by atoms with Crippen molar-refractivity contribution in [2.24, 2.45) is 5.92 Å². The van der Waals surface area contributed by atoms with E-state index in [0.29, 0.717) is 5.56 Å². The Morgan fingerprint density at radius 3 is 2.50 bits per heavy atom. The van der Waals surface area contributed by atoms with Crippen molar-refractivity contribution in [2.75, 3.05) is 0 Å². The molecular weight excluding hydrogens is 530 g/mol. The number of fused-ring (bicyclic) bond motifs is 4. The maximum atomic E-state index is 9.34. The second-order valence-electron chi connectivity index (χ2n) is 12.3. The molecule has 0 fully saturated rings. The van der Waals surface area contributed by atoms with E-state index in [1.807, 2.05) is 18.2 Å². The van der Waals surface area contributed by atoms with Gasteiger partial charge in [0.15, 0.2) is 0 Å². The summed E-state index contributed by atoms with van der Waals surface area (Å²) in [6.45, 7) is 4.72. The fraction of sp³-hybridized carbons (Fsp3) is 0.140. The summed E-state index contributed by atoms with van der Waals surface area (Å²) in [5, 5.41) is 9.34. The second-order valence-corrected chi connectivity index (χ2v) is 12.3. The third-order valence-electron chi connectivity index (χ3n) is 9.78. The van der Waals surface area contributed by atoms with Crippen molar-refractivity contribution >= 4 is 16.7 Å². The molecule has 1 nitrogen and oxygen atoms in total. The first-order chi connectivity index (χ1) is 21.7. The highest BCUT2D eigenvalue weighted by molar-refractivity contribution is 6.09. The van der Waals surface area contributed by atoms with Gasteiger partial charge in [-0.25, -0.2) is 0 Å². The van der Waals surface area contributed by atoms with Crippen LogP contribution >= 0.6 is 0 Å². The van der Waals surface area contributed by atoms with Crippen LogP contribution < -0.4 is 0 Å². The molecule has 0 bridgehead atoms. The maximum absolute atomic E-state index is 9.34. The molecule has 3 aromatic carbocycles. The average Bonchev–Trinajstić information content (AvgIpc) is 3.43. The molecule has 0 heterocycles. The zero-order valence-electron chi connectivity index (χ0n) is 24.8. The lowest BCUT2D eigenvalue weighted by Crippen LogP contribution is -2.17. The summed E-state index contributed by atoms with van der Waals surface area (Å²) in [6.07, 6.45) is 25.8. The molecule has 5 aliphatic rings. The van der Waals surface area contributed by atoms with Gasteiger partial charge < -0.3 is 0 Å². The molecule has 210 valence electrons. The molecule has 3 aromatic rings. The van der Waals surface area contributed by atoms with Crippen LogP contribution in [0.15, 0.2) is 156 Å². The molecule has 0 radical (unpaired) electrons. The highest BCUT2D eigenvalue weighted by Crippen LogP contribution is 2.49. The Hall–Kier alpha value is -5.19. The van der Waals surface area contributed by atoms with Crippen molar-refractivity contribution in [1.82, 2.24) is 0 Å². The van der Waals surface area contributed by atoms with Crippen molar-refractivity contribution in [3.8, 4) is 17.2 Å². The van der Waals surface area contributed by atoms with Gasteiger partial charge in [0.25, 0.3) is 0 Å². The first-order valence-electron chi connectivity index (χ1n) is 15.7. The van der Waals surface area contributed by atoms with Crippen LogP contribution in [0, 0.1) is 17.2 Å². The van der Waals surface area contributed by atoms with Crippen molar-refractivity contribution in [3.63, 3.8) is 0 Å². The minimum Gasteiger partial charge on any atom is -0.192 e. The topological polar surface area (TPSA) is 23.8 Å². The quantitative estimate of drug-likeness (QED) is 0.311. The van der Waals surface area contributed by atoms with Crippen LogP contribution in [-0.4, -0.2) is 0 Å². The van der Waals surface area contributed by atoms with E-state index >= 15 is 0 Å². The van der Waals surface area contributed by atoms with Crippen LogP contribution in [-0.2, 0) is 6.42 Å². The summed E-state index contributed by atoms with van der Waals surface area (Å²) in [7, 11) is 0. The number of hydrogen-bond acceptors (Lipinski definition) is 1. The molecule has 5 aliphatic carbocycles. The van der Waals surface area contributed by atoms with Crippen LogP contribution in [0.2, 0.25) is 0 Å². The lowest BCUT2D eigenvalue weighted by molar-refractivity contribution is 0.779. The van der Waals surface area contributed by atoms with E-state index in [9.17, 15) is 5.26 Å². The van der Waals surface area contributed by atoms with E-state index < -0.39 is 0 Å². The third-order valence-corrected chi connectivity index (χ3v) is 9.78. The SMILES string of the molecule is C=C1C(c2ccc3c(c2)C2=C(CCC=C2c2ccc(-c4cccc(C#N)c4)cc2)C3)=CC=C2C=CC3=C(CC/C=C\C=C3)C12. The predicted octanol–water partition coefficient (Wildman–Crippen LogP) is 10.7. The van der Waals surface area contributed by atoms with Gasteiger partial charge in [-0.15, -0.1) is 0 Å². The fourth-order valence-electron chi connectivity index (χ4n) is 7.62. The molecule has 1 heteroatoms. The first kappa shape index (κ1) is 26.4. The van der Waals surface area contributed by atoms with Gasteiger partial charge in [-0.2, -0.15) is 5.26 Å². The highest BCUT2D eigenvalue weighted by Gasteiger charge is 2.31. The predicted molar refractivity (Wildman–Crippen MR) is 183 cm³/mol. The molecule has 1 atom stereocenters. The summed E-state index contributed by atoms with van der Waals surface area (Å²) in [5.41, 5.74) is 19.2. The molecule has 0 N–H and O–H groups in total. The Morgan fingerprint density at radius 1 is 0.750 bits per heavy atom. The Balaban J connectivity index is 1.13. The van der Waals surface area contributed by atoms with Gasteiger partial charge in [0.05, 0.1) is 11.6 Å². The number of nitrogens with zero attached hydrogens (tertiary/aromatic N) is 1. The smallest absolute Gasteiger partial charge is 0.0991 e. The van der Waals surface area contributed by atoms with E-state index in [0.717, 1.165) is 43.2 Å². The van der Waals surface area contributed by atoms with Crippen molar-refractivity contribution < 1.29 is 0 Å². The standard InChI is InChI=1S/C43H33N/c1-28-38(23-22-33-19-18-31-9-4-2-3-5-12-39(31)42(28)33)36-21-20-35-25-37-11-7-13-40(43(37)41(35)26-36)32-16-14-30(15-17-32)34-10-6-8-29(24-34)27-44/h2-4,6,8-10,13-24,26,42H,1,5,7,11-12,25H2/b3-2-,9-4?. The third kappa shape index (κ3) is 4.47. The molecular formula is C43H33N. The monoisotopic (exact) mass is 563 g/mol. The minimum atomic E-state index is 0.242. The number of benzene rings is 3. The molecule has 44 heavy (non-hydrogen) atoms. The maximum Gasteiger partial charge on any atom is 0.0991 e. The van der Waals surface area contributed by atoms with Crippen LogP contribution in [0.25, 0.3) is 27.8 Å². The zero-order chi connectivity index (χ0) is 29.6. The summed E-state index contributed by atoms with van der Waals surface area (Å²) >= 11 is 0. The number of hydrogen-bond donors (Lipinski definition) is 0. The molecule has 0 amide bonds. The van der Waals surface area contributed by atoms with Gasteiger partial charge in [-0.3, -0.25) is 0 Å². The van der Waals surface area contributed by atoms with Gasteiger partial charge in [-0.1, -0.05) is 121 Å². The van der Waals surface area contributed by atoms with E-state index in [1.54, 1.807) is 5.57 Å². The van der Waals surface area contributed by atoms with Gasteiger partial charge in [0, 0.05) is 5.92 Å². The van der Waals surface area contributed by atoms with E-state index in [2.05, 4.69) is 109 Å². The molecule has 1 unspecified atom stereocenters. The average molecular weight is 564 g/mol. The number of rotatable bonds is 3. The Bertz CT molecular complexity index is 2040.